The number of hydrogen-bond donors (Lipinski definition) is 0. The Morgan fingerprint density at radius 3 is 1.73 bits per heavy atom. The van der Waals surface area contributed by atoms with Crippen molar-refractivity contribution in [2.24, 2.45) is 0 Å². The van der Waals surface area contributed by atoms with Gasteiger partial charge in [-0.1, -0.05) is 127 Å². The largest absolute Gasteiger partial charge is 0.264 e. The van der Waals surface area contributed by atoms with Gasteiger partial charge in [-0.05, 0) is 57.6 Å². The molecule has 0 fully saturated rings. The third-order valence-electron chi connectivity index (χ3n) is 9.10. The summed E-state index contributed by atoms with van der Waals surface area (Å²) in [5, 5.41) is 12.3. The first-order chi connectivity index (χ1) is 25.2. The van der Waals surface area contributed by atoms with Gasteiger partial charge < -0.3 is 0 Å². The van der Waals surface area contributed by atoms with Crippen LogP contribution in [0.4, 0.5) is 0 Å². The molecule has 3 aromatic heterocycles. The van der Waals surface area contributed by atoms with Crippen molar-refractivity contribution in [1.82, 2.24) is 19.9 Å². The molecule has 238 valence electrons. The molecule has 0 aliphatic rings. The minimum atomic E-state index is 0.467. The summed E-state index contributed by atoms with van der Waals surface area (Å²) in [6.45, 7) is 0. The molecule has 0 bridgehead atoms. The fourth-order valence-electron chi connectivity index (χ4n) is 6.59. The van der Waals surface area contributed by atoms with Gasteiger partial charge in [0.25, 0.3) is 0 Å². The van der Waals surface area contributed by atoms with E-state index in [0.29, 0.717) is 28.6 Å². The molecule has 0 atom stereocenters. The maximum atomic E-state index is 9.87. The van der Waals surface area contributed by atoms with E-state index in [2.05, 4.69) is 96.0 Å². The van der Waals surface area contributed by atoms with Gasteiger partial charge in [0.05, 0.1) is 11.6 Å². The van der Waals surface area contributed by atoms with E-state index in [1.165, 1.54) is 31.3 Å². The molecule has 6 heteroatoms. The fraction of sp³-hybridized carbons (Fsp3) is 0. The summed E-state index contributed by atoms with van der Waals surface area (Å²) < 4.78 is 2.49. The van der Waals surface area contributed by atoms with Crippen molar-refractivity contribution in [2.45, 2.75) is 0 Å². The first-order valence-electron chi connectivity index (χ1n) is 16.6. The predicted molar refractivity (Wildman–Crippen MR) is 208 cm³/mol. The number of fused-ring (bicyclic) bond motifs is 3. The molecule has 0 saturated heterocycles. The molecule has 0 N–H and O–H groups in total. The average molecular weight is 670 g/mol. The molecule has 0 radical (unpaired) electrons. The monoisotopic (exact) mass is 669 g/mol. The first kappa shape index (κ1) is 30.3. The van der Waals surface area contributed by atoms with Crippen LogP contribution in [-0.2, 0) is 0 Å². The SMILES string of the molecule is N#Cc1ccccc1-c1nc(-c2ccccc2)nc(-c2cccc(-c3cccc4c3sc3c(-c5ccc(-c6cccnc6)cc5)cccc34)c2)n1. The lowest BCUT2D eigenvalue weighted by Crippen LogP contribution is -2.01. The Hall–Kier alpha value is -6.81. The van der Waals surface area contributed by atoms with Crippen LogP contribution in [0, 0.1) is 11.3 Å². The van der Waals surface area contributed by atoms with Crippen molar-refractivity contribution in [3.8, 4) is 73.6 Å². The van der Waals surface area contributed by atoms with E-state index in [1.54, 1.807) is 12.3 Å². The molecule has 9 aromatic rings. The van der Waals surface area contributed by atoms with Gasteiger partial charge in [-0.3, -0.25) is 4.98 Å². The van der Waals surface area contributed by atoms with Crippen LogP contribution in [0.15, 0.2) is 164 Å². The Morgan fingerprint density at radius 1 is 0.431 bits per heavy atom. The van der Waals surface area contributed by atoms with E-state index in [9.17, 15) is 5.26 Å². The number of thiophene rings is 1. The Bertz CT molecular complexity index is 2750. The van der Waals surface area contributed by atoms with Crippen LogP contribution in [-0.4, -0.2) is 19.9 Å². The summed E-state index contributed by atoms with van der Waals surface area (Å²) in [6.07, 6.45) is 3.70. The summed E-state index contributed by atoms with van der Waals surface area (Å²) in [6, 6.07) is 53.9. The highest BCUT2D eigenvalue weighted by atomic mass is 32.1. The molecule has 0 saturated carbocycles. The number of nitrogens with zero attached hydrogens (tertiary/aromatic N) is 5. The second-order valence-corrected chi connectivity index (χ2v) is 13.2. The second kappa shape index (κ2) is 12.9. The van der Waals surface area contributed by atoms with E-state index in [4.69, 9.17) is 15.0 Å². The zero-order valence-corrected chi connectivity index (χ0v) is 28.0. The quantitative estimate of drug-likeness (QED) is 0.176. The average Bonchev–Trinajstić information content (AvgIpc) is 3.61. The van der Waals surface area contributed by atoms with Crippen molar-refractivity contribution in [1.29, 1.82) is 5.26 Å². The van der Waals surface area contributed by atoms with Gasteiger partial charge in [-0.25, -0.2) is 15.0 Å². The minimum Gasteiger partial charge on any atom is -0.264 e. The van der Waals surface area contributed by atoms with Crippen LogP contribution in [0.3, 0.4) is 0 Å². The van der Waals surface area contributed by atoms with Crippen LogP contribution >= 0.6 is 11.3 Å². The summed E-state index contributed by atoms with van der Waals surface area (Å²) in [5.41, 5.74) is 9.82. The Kier molecular flexibility index (Phi) is 7.66. The molecule has 0 aliphatic carbocycles. The van der Waals surface area contributed by atoms with E-state index >= 15 is 0 Å². The van der Waals surface area contributed by atoms with Gasteiger partial charge in [-0.2, -0.15) is 5.26 Å². The van der Waals surface area contributed by atoms with Crippen LogP contribution in [0.5, 0.6) is 0 Å². The molecular weight excluding hydrogens is 643 g/mol. The van der Waals surface area contributed by atoms with E-state index in [0.717, 1.165) is 33.4 Å². The van der Waals surface area contributed by atoms with E-state index in [1.807, 2.05) is 78.2 Å². The van der Waals surface area contributed by atoms with Gasteiger partial charge in [0.15, 0.2) is 17.5 Å². The van der Waals surface area contributed by atoms with E-state index < -0.39 is 0 Å². The molecule has 51 heavy (non-hydrogen) atoms. The maximum Gasteiger partial charge on any atom is 0.165 e. The molecule has 0 aliphatic heterocycles. The third-order valence-corrected chi connectivity index (χ3v) is 10.4. The van der Waals surface area contributed by atoms with Crippen molar-refractivity contribution < 1.29 is 0 Å². The smallest absolute Gasteiger partial charge is 0.165 e. The summed E-state index contributed by atoms with van der Waals surface area (Å²) in [4.78, 5) is 19.0. The zero-order chi connectivity index (χ0) is 34.1. The first-order valence-corrected chi connectivity index (χ1v) is 17.4. The van der Waals surface area contributed by atoms with Gasteiger partial charge >= 0.3 is 0 Å². The van der Waals surface area contributed by atoms with Gasteiger partial charge in [0.1, 0.15) is 0 Å². The second-order valence-electron chi connectivity index (χ2n) is 12.2. The van der Waals surface area contributed by atoms with Crippen LogP contribution in [0.1, 0.15) is 5.56 Å². The minimum absolute atomic E-state index is 0.467. The highest BCUT2D eigenvalue weighted by Gasteiger charge is 2.17. The lowest BCUT2D eigenvalue weighted by atomic mass is 9.98. The molecule has 0 amide bonds. The normalized spacial score (nSPS) is 11.1. The number of aromatic nitrogens is 4. The van der Waals surface area contributed by atoms with Gasteiger partial charge in [-0.15, -0.1) is 11.3 Å². The third kappa shape index (κ3) is 5.62. The van der Waals surface area contributed by atoms with Crippen molar-refractivity contribution >= 4 is 31.5 Å². The topological polar surface area (TPSA) is 75.3 Å². The fourth-order valence-corrected chi connectivity index (χ4v) is 7.97. The maximum absolute atomic E-state index is 9.87. The Balaban J connectivity index is 1.15. The molecule has 3 heterocycles. The van der Waals surface area contributed by atoms with Crippen LogP contribution < -0.4 is 0 Å². The summed E-state index contributed by atoms with van der Waals surface area (Å²) in [7, 11) is 0. The Labute approximate surface area is 298 Å². The Morgan fingerprint density at radius 2 is 1.00 bits per heavy atom. The molecule has 0 unspecified atom stereocenters. The van der Waals surface area contributed by atoms with Gasteiger partial charge in [0.2, 0.25) is 0 Å². The van der Waals surface area contributed by atoms with Crippen molar-refractivity contribution in [3.63, 3.8) is 0 Å². The number of hydrogen-bond acceptors (Lipinski definition) is 6. The van der Waals surface area contributed by atoms with E-state index in [-0.39, 0.29) is 0 Å². The predicted octanol–water partition coefficient (Wildman–Crippen LogP) is 11.5. The lowest BCUT2D eigenvalue weighted by molar-refractivity contribution is 1.07. The molecular formula is C45H27N5S. The molecule has 9 rings (SSSR count). The molecule has 6 aromatic carbocycles. The zero-order valence-electron chi connectivity index (χ0n) is 27.2. The number of nitriles is 1. The standard InChI is InChI=1S/C45H27N5S/c46-27-34-12-4-5-16-38(34)45-49-43(31-10-2-1-3-11-31)48-44(50-45)33-14-6-13-32(26-33)37-18-8-20-40-39-19-7-17-36(41(39)51-42(37)40)30-23-21-29(22-24-30)35-15-9-25-47-28-35/h1-26,28H. The summed E-state index contributed by atoms with van der Waals surface area (Å²) in [5.74, 6) is 1.57. The highest BCUT2D eigenvalue weighted by Crippen LogP contribution is 2.44. The van der Waals surface area contributed by atoms with Crippen molar-refractivity contribution in [2.75, 3.05) is 0 Å². The highest BCUT2D eigenvalue weighted by molar-refractivity contribution is 7.26. The number of pyridine rings is 1. The van der Waals surface area contributed by atoms with Crippen LogP contribution in [0.2, 0.25) is 0 Å². The number of rotatable bonds is 6. The van der Waals surface area contributed by atoms with Crippen molar-refractivity contribution in [3.05, 3.63) is 170 Å². The number of benzene rings is 6. The molecule has 5 nitrogen and oxygen atoms in total. The molecule has 0 spiro atoms. The lowest BCUT2D eigenvalue weighted by Gasteiger charge is -2.10. The van der Waals surface area contributed by atoms with Crippen LogP contribution in [0.25, 0.3) is 87.7 Å². The summed E-state index contributed by atoms with van der Waals surface area (Å²) >= 11 is 1.83. The van der Waals surface area contributed by atoms with Gasteiger partial charge in [0, 0.05) is 49.3 Å².